The number of hydrogen-bond acceptors (Lipinski definition) is 22. The molecule has 0 unspecified atom stereocenters. The molecule has 0 bridgehead atoms. The predicted octanol–water partition coefficient (Wildman–Crippen LogP) is -1.79. The first-order chi connectivity index (χ1) is 34.6. The quantitative estimate of drug-likeness (QED) is 0.0653. The summed E-state index contributed by atoms with van der Waals surface area (Å²) in [6.07, 6.45) is -20.6. The number of carbonyl (C=O) groups excluding carboxylic acids is 1. The second-order valence-electron chi connectivity index (χ2n) is 25.1. The van der Waals surface area contributed by atoms with Crippen molar-refractivity contribution in [2.75, 3.05) is 26.4 Å². The molecule has 0 aromatic heterocycles. The molecule has 28 atom stereocenters. The Labute approximate surface area is 431 Å². The molecule has 0 aromatic rings. The topological polar surface area (TPSA) is 354 Å². The van der Waals surface area contributed by atoms with E-state index in [1.807, 2.05) is 6.92 Å². The second kappa shape index (κ2) is 20.5. The lowest BCUT2D eigenvalue weighted by atomic mass is 9.33. The van der Waals surface area contributed by atoms with E-state index in [2.05, 4.69) is 40.7 Å². The number of hydrogen-bond donors (Lipinski definition) is 13. The third-order valence-corrected chi connectivity index (χ3v) is 21.0. The molecule has 4 heterocycles. The average Bonchev–Trinajstić information content (AvgIpc) is 3.35. The summed E-state index contributed by atoms with van der Waals surface area (Å²) in [4.78, 5) is 15.1. The summed E-state index contributed by atoms with van der Waals surface area (Å²) in [5.41, 5.74) is -3.07. The number of esters is 1. The van der Waals surface area contributed by atoms with Crippen LogP contribution in [0.5, 0.6) is 0 Å². The van der Waals surface area contributed by atoms with E-state index < -0.39 is 164 Å². The van der Waals surface area contributed by atoms with Gasteiger partial charge in [-0.1, -0.05) is 53.2 Å². The van der Waals surface area contributed by atoms with Crippen molar-refractivity contribution in [3.8, 4) is 0 Å². The smallest absolute Gasteiger partial charge is 0.315 e. The minimum Gasteiger partial charge on any atom is -0.432 e. The molecule has 4 saturated carbocycles. The average molecular weight is 1060 g/mol. The molecule has 4 aliphatic heterocycles. The van der Waals surface area contributed by atoms with Crippen LogP contribution in [0, 0.1) is 50.7 Å². The van der Waals surface area contributed by atoms with Gasteiger partial charge in [-0.25, -0.2) is 0 Å². The third kappa shape index (κ3) is 8.98. The fourth-order valence-corrected chi connectivity index (χ4v) is 16.1. The lowest BCUT2D eigenvalue weighted by Crippen LogP contribution is -2.68. The van der Waals surface area contributed by atoms with Crippen LogP contribution >= 0.6 is 0 Å². The largest absolute Gasteiger partial charge is 0.432 e. The van der Waals surface area contributed by atoms with E-state index in [0.717, 1.165) is 24.8 Å². The number of aliphatic hydroxyl groups excluding tert-OH is 12. The first kappa shape index (κ1) is 57.1. The predicted molar refractivity (Wildman–Crippen MR) is 252 cm³/mol. The van der Waals surface area contributed by atoms with Gasteiger partial charge in [-0.15, -0.1) is 0 Å². The van der Waals surface area contributed by atoms with E-state index in [-0.39, 0.29) is 41.8 Å². The SMILES string of the molecule is C[C@@H]1CC[C@]2(C(=O)O[C@@H]3O[C@H](CO[C@@H]4OC[C@@H](O)[C@H](O)[C@H]4O)[C@@H](O)[C@H](O)[C@H]3O)CC[C@]3(C)C(=CC[C@@H]4[C@@]5(C)CC[C@H](O[C@@H]6OC[C@H](O)[C@H](O[C@@H]7O[C@H](CO)[C@@H](O)[C@H](O)[C@H]7O)[C@H]6O)C(C)(C)[C@@H]5CC[C@]43C)[C@@H]2[C@]1(C)O. The van der Waals surface area contributed by atoms with Crippen molar-refractivity contribution < 1.29 is 109 Å². The van der Waals surface area contributed by atoms with Crippen LogP contribution in [0.1, 0.15) is 106 Å². The van der Waals surface area contributed by atoms with Gasteiger partial charge in [0.2, 0.25) is 6.29 Å². The van der Waals surface area contributed by atoms with Crippen molar-refractivity contribution in [1.82, 2.24) is 0 Å². The number of rotatable bonds is 10. The second-order valence-corrected chi connectivity index (χ2v) is 25.1. The summed E-state index contributed by atoms with van der Waals surface area (Å²) in [5.74, 6) is -1.29. The fourth-order valence-electron chi connectivity index (χ4n) is 16.1. The van der Waals surface area contributed by atoms with E-state index >= 15 is 4.79 Å². The molecule has 9 aliphatic rings. The fraction of sp³-hybridized carbons (Fsp3) is 0.942. The van der Waals surface area contributed by atoms with Crippen LogP contribution in [-0.4, -0.2) is 221 Å². The first-order valence-electron chi connectivity index (χ1n) is 26.8. The van der Waals surface area contributed by atoms with Crippen LogP contribution in [0.15, 0.2) is 11.6 Å². The Morgan fingerprint density at radius 3 is 1.95 bits per heavy atom. The Bertz CT molecular complexity index is 2040. The maximum Gasteiger partial charge on any atom is 0.315 e. The van der Waals surface area contributed by atoms with Crippen molar-refractivity contribution >= 4 is 5.97 Å². The molecule has 8 fully saturated rings. The Balaban J connectivity index is 0.921. The highest BCUT2D eigenvalue weighted by atomic mass is 16.7. The molecule has 4 saturated heterocycles. The molecular formula is C52H84O22. The zero-order valence-corrected chi connectivity index (χ0v) is 43.5. The lowest BCUT2D eigenvalue weighted by molar-refractivity contribution is -0.357. The third-order valence-electron chi connectivity index (χ3n) is 21.0. The van der Waals surface area contributed by atoms with Crippen molar-refractivity contribution in [2.45, 2.75) is 229 Å². The Morgan fingerprint density at radius 1 is 0.635 bits per heavy atom. The normalized spacial score (nSPS) is 55.4. The monoisotopic (exact) mass is 1060 g/mol. The van der Waals surface area contributed by atoms with E-state index in [9.17, 15) is 66.4 Å². The van der Waals surface area contributed by atoms with Crippen LogP contribution in [0.2, 0.25) is 0 Å². The number of carbonyl (C=O) groups is 1. The van der Waals surface area contributed by atoms with Crippen LogP contribution in [-0.2, 0) is 42.7 Å². The zero-order valence-electron chi connectivity index (χ0n) is 43.5. The maximum absolute atomic E-state index is 15.1. The number of allylic oxidation sites excluding steroid dienone is 1. The van der Waals surface area contributed by atoms with Gasteiger partial charge in [0.1, 0.15) is 85.5 Å². The molecule has 0 radical (unpaired) electrons. The van der Waals surface area contributed by atoms with Gasteiger partial charge in [-0.05, 0) is 104 Å². The van der Waals surface area contributed by atoms with E-state index in [1.54, 1.807) is 6.92 Å². The van der Waals surface area contributed by atoms with Crippen molar-refractivity contribution in [1.29, 1.82) is 0 Å². The highest BCUT2D eigenvalue weighted by Gasteiger charge is 2.72. The van der Waals surface area contributed by atoms with E-state index in [4.69, 9.17) is 37.9 Å². The Hall–Kier alpha value is -1.59. The van der Waals surface area contributed by atoms with Gasteiger partial charge in [0.05, 0.1) is 43.5 Å². The molecule has 0 amide bonds. The van der Waals surface area contributed by atoms with Crippen molar-refractivity contribution in [3.05, 3.63) is 11.6 Å². The van der Waals surface area contributed by atoms with Gasteiger partial charge in [0, 0.05) is 5.92 Å². The summed E-state index contributed by atoms with van der Waals surface area (Å²) < 4.78 is 46.9. The van der Waals surface area contributed by atoms with E-state index in [0.29, 0.717) is 38.5 Å². The molecule has 0 spiro atoms. The molecule has 0 aromatic carbocycles. The zero-order chi connectivity index (χ0) is 54.0. The van der Waals surface area contributed by atoms with Crippen LogP contribution in [0.4, 0.5) is 0 Å². The minimum absolute atomic E-state index is 0.137. The number of aliphatic hydroxyl groups is 13. The highest BCUT2D eigenvalue weighted by Crippen LogP contribution is 2.76. The molecule has 13 N–H and O–H groups in total. The van der Waals surface area contributed by atoms with Gasteiger partial charge >= 0.3 is 5.97 Å². The van der Waals surface area contributed by atoms with Gasteiger partial charge in [-0.2, -0.15) is 0 Å². The first-order valence-corrected chi connectivity index (χ1v) is 26.8. The summed E-state index contributed by atoms with van der Waals surface area (Å²) in [5, 5.41) is 140. The van der Waals surface area contributed by atoms with Crippen molar-refractivity contribution in [2.24, 2.45) is 50.7 Å². The Kier molecular flexibility index (Phi) is 15.8. The van der Waals surface area contributed by atoms with Gasteiger partial charge in [0.25, 0.3) is 0 Å². The maximum atomic E-state index is 15.1. The highest BCUT2D eigenvalue weighted by molar-refractivity contribution is 5.79. The molecule has 22 nitrogen and oxygen atoms in total. The summed E-state index contributed by atoms with van der Waals surface area (Å²) >= 11 is 0. The van der Waals surface area contributed by atoms with Gasteiger partial charge in [0.15, 0.2) is 18.9 Å². The van der Waals surface area contributed by atoms with Crippen LogP contribution in [0.25, 0.3) is 0 Å². The lowest BCUT2D eigenvalue weighted by Gasteiger charge is -2.72. The molecule has 5 aliphatic carbocycles. The van der Waals surface area contributed by atoms with Crippen molar-refractivity contribution in [3.63, 3.8) is 0 Å². The van der Waals surface area contributed by atoms with Gasteiger partial charge < -0.3 is 104 Å². The van der Waals surface area contributed by atoms with Gasteiger partial charge in [-0.3, -0.25) is 4.79 Å². The summed E-state index contributed by atoms with van der Waals surface area (Å²) in [7, 11) is 0. The van der Waals surface area contributed by atoms with E-state index in [1.165, 1.54) is 0 Å². The Morgan fingerprint density at radius 2 is 1.26 bits per heavy atom. The molecule has 9 rings (SSSR count). The summed E-state index contributed by atoms with van der Waals surface area (Å²) in [6.45, 7) is 13.3. The molecule has 74 heavy (non-hydrogen) atoms. The number of fused-ring (bicyclic) bond motifs is 7. The number of ether oxygens (including phenoxy) is 8. The van der Waals surface area contributed by atoms with Crippen LogP contribution < -0.4 is 0 Å². The minimum atomic E-state index is -1.86. The molecule has 22 heteroatoms. The molecule has 424 valence electrons. The summed E-state index contributed by atoms with van der Waals surface area (Å²) in [6, 6.07) is 0. The molecular weight excluding hydrogens is 977 g/mol. The standard InChI is InChI=1S/C52H84O22/c1-22-10-15-52(46(65)74-45-38(63)35(60)33(58)27(71-45)21-69-42-36(61)31(56)24(54)19-67-42)17-16-49(5)23(41(52)51(22,7)66)8-9-29-48(4)13-12-30(47(2,3)28(48)11-14-50(29,49)6)72-43-39(64)40(25(55)20-68-43)73-44-37(62)34(59)32(57)26(18-53)70-44/h8,22,24-45,53-64,66H,9-21H2,1-7H3/t22-,24-,25+,26-,27-,28+,29-,30+,31+,32-,33-,34+,35+,36-,37-,38-,39-,40+,41-,42+,43+,44+,45+,48+,49-,50-,51-,52+/m1/s1. The van der Waals surface area contributed by atoms with Crippen LogP contribution in [0.3, 0.4) is 0 Å².